The summed E-state index contributed by atoms with van der Waals surface area (Å²) in [6, 6.07) is 46.8. The van der Waals surface area contributed by atoms with E-state index in [2.05, 4.69) is 190 Å². The Morgan fingerprint density at radius 3 is 1.37 bits per heavy atom. The fraction of sp³-hybridized carbons (Fsp3) is 0.286. The van der Waals surface area contributed by atoms with Crippen LogP contribution >= 0.6 is 22.7 Å². The van der Waals surface area contributed by atoms with Gasteiger partial charge in [0.25, 0.3) is 0 Å². The van der Waals surface area contributed by atoms with Crippen molar-refractivity contribution < 1.29 is 5.11 Å². The number of aliphatic hydroxyl groups is 1. The lowest BCUT2D eigenvalue weighted by Crippen LogP contribution is -2.07. The van der Waals surface area contributed by atoms with Crippen molar-refractivity contribution >= 4 is 65.6 Å². The fourth-order valence-electron chi connectivity index (χ4n) is 7.85. The molecule has 0 radical (unpaired) electrons. The molecule has 0 spiro atoms. The highest BCUT2D eigenvalue weighted by Crippen LogP contribution is 2.38. The largest absolute Gasteiger partial charge is 0.396 e. The van der Waals surface area contributed by atoms with Crippen LogP contribution in [-0.2, 0) is 0 Å². The molecule has 0 saturated heterocycles. The van der Waals surface area contributed by atoms with Crippen LogP contribution in [0.25, 0.3) is 41.3 Å². The van der Waals surface area contributed by atoms with E-state index in [0.29, 0.717) is 36.5 Å². The van der Waals surface area contributed by atoms with Crippen LogP contribution in [0.4, 0.5) is 11.4 Å². The molecule has 322 valence electrons. The highest BCUT2D eigenvalue weighted by Gasteiger charge is 2.18. The number of aromatic nitrogens is 2. The number of rotatable bonds is 13. The Bertz CT molecular complexity index is 2760. The summed E-state index contributed by atoms with van der Waals surface area (Å²) in [7, 11) is 0. The van der Waals surface area contributed by atoms with E-state index in [1.807, 2.05) is 6.07 Å². The molecule has 0 aliphatic heterocycles. The lowest BCUT2D eigenvalue weighted by molar-refractivity contribution is 0.291. The number of pyridine rings is 2. The van der Waals surface area contributed by atoms with Crippen LogP contribution in [0.15, 0.2) is 143 Å². The number of aliphatic hydroxyl groups excluding tert-OH is 1. The van der Waals surface area contributed by atoms with Crippen LogP contribution in [0.5, 0.6) is 0 Å². The average Bonchev–Trinajstić information content (AvgIpc) is 3.93. The molecule has 8 aromatic rings. The molecule has 0 amide bonds. The van der Waals surface area contributed by atoms with Gasteiger partial charge in [-0.3, -0.25) is 9.98 Å². The van der Waals surface area contributed by atoms with E-state index in [1.165, 1.54) is 47.3 Å². The molecular formula is C56H60N4OS2. The van der Waals surface area contributed by atoms with Crippen molar-refractivity contribution in [3.8, 4) is 21.1 Å². The first kappa shape index (κ1) is 45.4. The summed E-state index contributed by atoms with van der Waals surface area (Å²) >= 11 is 3.55. The molecular weight excluding hydrogens is 809 g/mol. The van der Waals surface area contributed by atoms with E-state index in [1.54, 1.807) is 22.7 Å². The van der Waals surface area contributed by atoms with Crippen LogP contribution in [0.2, 0.25) is 0 Å². The Balaban J connectivity index is 0.000000190. The van der Waals surface area contributed by atoms with Gasteiger partial charge in [0.15, 0.2) is 0 Å². The first-order valence-corrected chi connectivity index (χ1v) is 24.0. The molecule has 4 heterocycles. The molecule has 8 rings (SSSR count). The Hall–Kier alpha value is -5.60. The third-order valence-electron chi connectivity index (χ3n) is 11.3. The van der Waals surface area contributed by atoms with Gasteiger partial charge >= 0.3 is 0 Å². The summed E-state index contributed by atoms with van der Waals surface area (Å²) in [5, 5.41) is 12.1. The molecule has 4 aromatic heterocycles. The second kappa shape index (κ2) is 20.7. The molecule has 0 atom stereocenters. The number of aliphatic imine (C=N–C) groups is 2. The van der Waals surface area contributed by atoms with Crippen molar-refractivity contribution in [2.24, 2.45) is 9.98 Å². The molecule has 0 unspecified atom stereocenters. The number of hydrogen-bond acceptors (Lipinski definition) is 7. The minimum Gasteiger partial charge on any atom is -0.396 e. The van der Waals surface area contributed by atoms with Gasteiger partial charge in [-0.2, -0.15) is 0 Å². The second-order valence-electron chi connectivity index (χ2n) is 17.4. The minimum atomic E-state index is 0.137. The van der Waals surface area contributed by atoms with Gasteiger partial charge in [0.05, 0.1) is 55.3 Å². The van der Waals surface area contributed by atoms with E-state index in [9.17, 15) is 5.11 Å². The lowest BCUT2D eigenvalue weighted by Gasteiger charge is -2.18. The predicted molar refractivity (Wildman–Crippen MR) is 274 cm³/mol. The molecule has 0 aliphatic rings. The second-order valence-corrected chi connectivity index (χ2v) is 19.6. The maximum absolute atomic E-state index is 9.55. The number of benzene rings is 4. The molecule has 0 fully saturated rings. The van der Waals surface area contributed by atoms with Crippen LogP contribution in [-0.4, -0.2) is 33.1 Å². The van der Waals surface area contributed by atoms with Gasteiger partial charge < -0.3 is 5.11 Å². The number of para-hydroxylation sites is 2. The SMILES string of the molecule is CC(=Nc1c(C(C)C)cccc1C(C)C)c1cccc(-c2cc3ccccc3s2)n1.CC(C)c1cccc(C(C)C)c1N=C(CCCO)c1cccc(-c2cc3ccccc3s2)n1. The molecule has 0 bridgehead atoms. The zero-order valence-electron chi connectivity index (χ0n) is 38.2. The Morgan fingerprint density at radius 2 is 0.921 bits per heavy atom. The maximum atomic E-state index is 9.55. The highest BCUT2D eigenvalue weighted by atomic mass is 32.1. The highest BCUT2D eigenvalue weighted by molar-refractivity contribution is 7.22. The standard InChI is InChI=1S/C29H32N2OS.C27H28N2S/c1-19(2)22-11-7-12-23(20(3)4)29(22)31-25(15-9-17-32)24-13-8-14-26(30-24)28-18-21-10-5-6-16-27(21)33-28;1-17(2)21-11-8-12-22(18(3)4)27(21)28-19(5)23-13-9-14-24(29-23)26-16-20-10-6-7-15-25(20)30-26/h5-8,10-14,16,18-20,32H,9,15,17H2,1-4H3;6-18H,1-5H3. The van der Waals surface area contributed by atoms with Gasteiger partial charge in [-0.05, 0) is 125 Å². The van der Waals surface area contributed by atoms with Crippen molar-refractivity contribution in [2.45, 2.75) is 98.8 Å². The van der Waals surface area contributed by atoms with E-state index in [0.717, 1.165) is 50.5 Å². The van der Waals surface area contributed by atoms with Gasteiger partial charge in [-0.25, -0.2) is 9.97 Å². The molecule has 0 saturated carbocycles. The zero-order chi connectivity index (χ0) is 44.6. The first-order valence-electron chi connectivity index (χ1n) is 22.3. The van der Waals surface area contributed by atoms with Crippen molar-refractivity contribution in [1.82, 2.24) is 9.97 Å². The summed E-state index contributed by atoms with van der Waals surface area (Å²) in [6.45, 7) is 20.0. The van der Waals surface area contributed by atoms with E-state index >= 15 is 0 Å². The Morgan fingerprint density at radius 1 is 0.508 bits per heavy atom. The van der Waals surface area contributed by atoms with Crippen LogP contribution < -0.4 is 0 Å². The van der Waals surface area contributed by atoms with Crippen LogP contribution in [0, 0.1) is 0 Å². The van der Waals surface area contributed by atoms with Crippen LogP contribution in [0.3, 0.4) is 0 Å². The van der Waals surface area contributed by atoms with E-state index in [-0.39, 0.29) is 6.61 Å². The van der Waals surface area contributed by atoms with Crippen LogP contribution in [0.1, 0.15) is 132 Å². The number of hydrogen-bond donors (Lipinski definition) is 1. The van der Waals surface area contributed by atoms with E-state index in [4.69, 9.17) is 20.0 Å². The smallest absolute Gasteiger partial charge is 0.0852 e. The minimum absolute atomic E-state index is 0.137. The van der Waals surface area contributed by atoms with Gasteiger partial charge in [-0.15, -0.1) is 22.7 Å². The van der Waals surface area contributed by atoms with E-state index < -0.39 is 0 Å². The normalized spacial score (nSPS) is 12.3. The van der Waals surface area contributed by atoms with Crippen molar-refractivity contribution in [1.29, 1.82) is 0 Å². The fourth-order valence-corrected chi connectivity index (χ4v) is 9.92. The van der Waals surface area contributed by atoms with Gasteiger partial charge in [0.2, 0.25) is 0 Å². The summed E-state index contributed by atoms with van der Waals surface area (Å²) in [4.78, 5) is 22.7. The Kier molecular flexibility index (Phi) is 14.9. The van der Waals surface area contributed by atoms with Gasteiger partial charge in [-0.1, -0.05) is 140 Å². The number of nitrogens with zero attached hydrogens (tertiary/aromatic N) is 4. The molecule has 0 aliphatic carbocycles. The quantitative estimate of drug-likeness (QED) is 0.117. The molecule has 7 heteroatoms. The third-order valence-corrected chi connectivity index (χ3v) is 13.6. The summed E-state index contributed by atoms with van der Waals surface area (Å²) < 4.78 is 2.55. The maximum Gasteiger partial charge on any atom is 0.0852 e. The molecule has 5 nitrogen and oxygen atoms in total. The van der Waals surface area contributed by atoms with Crippen molar-refractivity contribution in [2.75, 3.05) is 6.61 Å². The Labute approximate surface area is 382 Å². The summed E-state index contributed by atoms with van der Waals surface area (Å²) in [6.07, 6.45) is 1.35. The van der Waals surface area contributed by atoms with Gasteiger partial charge in [0, 0.05) is 16.0 Å². The summed E-state index contributed by atoms with van der Waals surface area (Å²) in [5.41, 5.74) is 12.9. The third kappa shape index (κ3) is 10.8. The number of fused-ring (bicyclic) bond motifs is 2. The predicted octanol–water partition coefficient (Wildman–Crippen LogP) is 16.5. The molecule has 63 heavy (non-hydrogen) atoms. The van der Waals surface area contributed by atoms with Gasteiger partial charge in [0.1, 0.15) is 0 Å². The monoisotopic (exact) mass is 868 g/mol. The first-order chi connectivity index (χ1) is 30.4. The zero-order valence-corrected chi connectivity index (χ0v) is 39.8. The van der Waals surface area contributed by atoms with Crippen molar-refractivity contribution in [3.63, 3.8) is 0 Å². The lowest BCUT2D eigenvalue weighted by atomic mass is 9.92. The number of thiophene rings is 2. The topological polar surface area (TPSA) is 70.7 Å². The average molecular weight is 869 g/mol. The summed E-state index contributed by atoms with van der Waals surface area (Å²) in [5.74, 6) is 1.60. The molecule has 4 aromatic carbocycles. The molecule has 1 N–H and O–H groups in total. The van der Waals surface area contributed by atoms with Crippen molar-refractivity contribution in [3.05, 3.63) is 167 Å².